The van der Waals surface area contributed by atoms with Crippen molar-refractivity contribution in [3.63, 3.8) is 0 Å². The van der Waals surface area contributed by atoms with Crippen molar-refractivity contribution in [2.45, 2.75) is 12.3 Å². The van der Waals surface area contributed by atoms with Crippen LogP contribution in [0.25, 0.3) is 11.1 Å². The maximum atomic E-state index is 12.2. The zero-order valence-corrected chi connectivity index (χ0v) is 25.3. The van der Waals surface area contributed by atoms with Crippen molar-refractivity contribution in [3.05, 3.63) is 59.7 Å². The molecule has 1 amide bonds. The van der Waals surface area contributed by atoms with E-state index in [4.69, 9.17) is 38.3 Å². The van der Waals surface area contributed by atoms with E-state index in [1.54, 1.807) is 0 Å². The van der Waals surface area contributed by atoms with Gasteiger partial charge in [-0.1, -0.05) is 48.5 Å². The summed E-state index contributed by atoms with van der Waals surface area (Å²) in [7, 11) is 0. The first-order valence-corrected chi connectivity index (χ1v) is 15.1. The number of carbonyl (C=O) groups is 2. The fraction of sp³-hybridized carbons (Fsp3) is 0.562. The van der Waals surface area contributed by atoms with E-state index < -0.39 is 12.1 Å². The molecule has 0 radical (unpaired) electrons. The number of aliphatic carboxylic acids is 1. The molecule has 12 heteroatoms. The lowest BCUT2D eigenvalue weighted by Gasteiger charge is -2.14. The molecule has 244 valence electrons. The number of hydrogen-bond donors (Lipinski definition) is 3. The van der Waals surface area contributed by atoms with Gasteiger partial charge in [0.25, 0.3) is 0 Å². The van der Waals surface area contributed by atoms with Gasteiger partial charge in [-0.05, 0) is 22.3 Å². The fourth-order valence-corrected chi connectivity index (χ4v) is 4.53. The van der Waals surface area contributed by atoms with Gasteiger partial charge in [-0.25, -0.2) is 4.79 Å². The number of carbonyl (C=O) groups excluding carboxylic acids is 1. The standard InChI is InChI=1S/C32H46N2O10/c35-31(36)9-13-38-15-17-40-19-21-42-23-24-43-22-20-41-18-16-39-14-12-33-10-11-34-32(37)44-25-30-28-7-3-1-5-26(28)27-6-2-4-8-29(27)30/h1-8,30,33H,9-25H2,(H,34,37)(H,35,36). The minimum atomic E-state index is -0.876. The fourth-order valence-electron chi connectivity index (χ4n) is 4.53. The Morgan fingerprint density at radius 1 is 0.591 bits per heavy atom. The van der Waals surface area contributed by atoms with Crippen molar-refractivity contribution >= 4 is 12.1 Å². The van der Waals surface area contributed by atoms with Crippen LogP contribution in [-0.2, 0) is 38.0 Å². The third-order valence-corrected chi connectivity index (χ3v) is 6.66. The zero-order chi connectivity index (χ0) is 31.1. The summed E-state index contributed by atoms with van der Waals surface area (Å²) in [4.78, 5) is 22.6. The average Bonchev–Trinajstić information content (AvgIpc) is 3.35. The Morgan fingerprint density at radius 3 is 1.55 bits per heavy atom. The van der Waals surface area contributed by atoms with Gasteiger partial charge in [-0.15, -0.1) is 0 Å². The SMILES string of the molecule is O=C(O)CCOCCOCCOCCOCCOCCOCCNCCNC(=O)OCC1c2ccccc2-c2ccccc21. The third-order valence-electron chi connectivity index (χ3n) is 6.66. The minimum Gasteiger partial charge on any atom is -0.481 e. The summed E-state index contributed by atoms with van der Waals surface area (Å²) in [6.07, 6.45) is -0.422. The monoisotopic (exact) mass is 618 g/mol. The van der Waals surface area contributed by atoms with Gasteiger partial charge >= 0.3 is 12.1 Å². The lowest BCUT2D eigenvalue weighted by molar-refractivity contribution is -0.138. The molecule has 0 bridgehead atoms. The predicted molar refractivity (Wildman–Crippen MR) is 163 cm³/mol. The minimum absolute atomic E-state index is 0.00429. The maximum Gasteiger partial charge on any atom is 0.407 e. The number of amides is 1. The molecule has 3 rings (SSSR count). The highest BCUT2D eigenvalue weighted by atomic mass is 16.6. The van der Waals surface area contributed by atoms with Crippen molar-refractivity contribution in [2.75, 3.05) is 106 Å². The Balaban J connectivity index is 1.03. The molecule has 44 heavy (non-hydrogen) atoms. The molecule has 0 aromatic heterocycles. The van der Waals surface area contributed by atoms with E-state index >= 15 is 0 Å². The summed E-state index contributed by atoms with van der Waals surface area (Å²) in [5.41, 5.74) is 4.80. The zero-order valence-electron chi connectivity index (χ0n) is 25.3. The molecule has 0 aliphatic heterocycles. The molecule has 0 unspecified atom stereocenters. The summed E-state index contributed by atoms with van der Waals surface area (Å²) in [6, 6.07) is 16.5. The number of alkyl carbamates (subject to hydrolysis) is 1. The second-order valence-corrected chi connectivity index (χ2v) is 9.82. The average molecular weight is 619 g/mol. The van der Waals surface area contributed by atoms with E-state index in [0.29, 0.717) is 98.9 Å². The van der Waals surface area contributed by atoms with E-state index in [0.717, 1.165) is 0 Å². The number of rotatable bonds is 26. The van der Waals surface area contributed by atoms with Gasteiger partial charge in [0.15, 0.2) is 0 Å². The molecule has 2 aromatic rings. The molecule has 0 fully saturated rings. The Labute approximate surface area is 259 Å². The van der Waals surface area contributed by atoms with E-state index in [2.05, 4.69) is 34.9 Å². The highest BCUT2D eigenvalue weighted by molar-refractivity contribution is 5.79. The van der Waals surface area contributed by atoms with Crippen molar-refractivity contribution in [1.82, 2.24) is 10.6 Å². The van der Waals surface area contributed by atoms with Crippen LogP contribution in [0.5, 0.6) is 0 Å². The molecule has 0 saturated heterocycles. The summed E-state index contributed by atoms with van der Waals surface area (Å²) < 4.78 is 37.8. The number of nitrogens with one attached hydrogen (secondary N) is 2. The van der Waals surface area contributed by atoms with Crippen LogP contribution >= 0.6 is 0 Å². The molecule has 1 aliphatic carbocycles. The summed E-state index contributed by atoms with van der Waals surface area (Å²) >= 11 is 0. The summed E-state index contributed by atoms with van der Waals surface area (Å²) in [5, 5.41) is 14.5. The Hall–Kier alpha value is -3.10. The van der Waals surface area contributed by atoms with E-state index in [1.165, 1.54) is 22.3 Å². The van der Waals surface area contributed by atoms with Crippen LogP contribution in [0.1, 0.15) is 23.5 Å². The topological polar surface area (TPSA) is 143 Å². The van der Waals surface area contributed by atoms with Gasteiger partial charge in [0.2, 0.25) is 0 Å². The first-order chi connectivity index (χ1) is 21.7. The smallest absolute Gasteiger partial charge is 0.407 e. The largest absolute Gasteiger partial charge is 0.481 e. The molecule has 0 saturated carbocycles. The maximum absolute atomic E-state index is 12.2. The van der Waals surface area contributed by atoms with Gasteiger partial charge < -0.3 is 48.9 Å². The molecular weight excluding hydrogens is 572 g/mol. The molecule has 2 aromatic carbocycles. The number of ether oxygens (including phenoxy) is 7. The van der Waals surface area contributed by atoms with Crippen LogP contribution in [0.2, 0.25) is 0 Å². The van der Waals surface area contributed by atoms with E-state index in [9.17, 15) is 9.59 Å². The van der Waals surface area contributed by atoms with Crippen molar-refractivity contribution in [1.29, 1.82) is 0 Å². The molecule has 3 N–H and O–H groups in total. The second kappa shape index (κ2) is 22.4. The van der Waals surface area contributed by atoms with Crippen molar-refractivity contribution in [3.8, 4) is 11.1 Å². The molecule has 0 heterocycles. The number of hydrogen-bond acceptors (Lipinski definition) is 10. The Morgan fingerprint density at radius 2 is 1.05 bits per heavy atom. The first-order valence-electron chi connectivity index (χ1n) is 15.1. The first kappa shape index (κ1) is 35.4. The van der Waals surface area contributed by atoms with Crippen LogP contribution in [0, 0.1) is 0 Å². The van der Waals surface area contributed by atoms with Crippen LogP contribution < -0.4 is 10.6 Å². The lowest BCUT2D eigenvalue weighted by atomic mass is 9.98. The van der Waals surface area contributed by atoms with E-state index in [1.807, 2.05) is 24.3 Å². The predicted octanol–water partition coefficient (Wildman–Crippen LogP) is 2.69. The van der Waals surface area contributed by atoms with Crippen LogP contribution in [-0.4, -0.2) is 123 Å². The summed E-state index contributed by atoms with van der Waals surface area (Å²) in [6.45, 7) is 7.33. The van der Waals surface area contributed by atoms with Gasteiger partial charge in [-0.3, -0.25) is 4.79 Å². The number of carboxylic acids is 1. The van der Waals surface area contributed by atoms with E-state index in [-0.39, 0.29) is 18.9 Å². The van der Waals surface area contributed by atoms with Crippen LogP contribution in [0.4, 0.5) is 4.79 Å². The Bertz CT molecular complexity index is 1040. The van der Waals surface area contributed by atoms with Gasteiger partial charge in [0.1, 0.15) is 6.61 Å². The number of carboxylic acid groups (broad SMARTS) is 1. The van der Waals surface area contributed by atoms with Crippen molar-refractivity contribution < 1.29 is 47.9 Å². The highest BCUT2D eigenvalue weighted by Crippen LogP contribution is 2.44. The summed E-state index contributed by atoms with van der Waals surface area (Å²) in [5.74, 6) is -0.825. The van der Waals surface area contributed by atoms with Crippen molar-refractivity contribution in [2.24, 2.45) is 0 Å². The molecular formula is C32H46N2O10. The number of benzene rings is 2. The molecule has 1 aliphatic rings. The van der Waals surface area contributed by atoms with Crippen LogP contribution in [0.3, 0.4) is 0 Å². The molecule has 0 atom stereocenters. The lowest BCUT2D eigenvalue weighted by Crippen LogP contribution is -2.34. The van der Waals surface area contributed by atoms with Crippen LogP contribution in [0.15, 0.2) is 48.5 Å². The molecule has 12 nitrogen and oxygen atoms in total. The second-order valence-electron chi connectivity index (χ2n) is 9.82. The Kier molecular flexibility index (Phi) is 18.0. The normalized spacial score (nSPS) is 12.2. The number of fused-ring (bicyclic) bond motifs is 3. The van der Waals surface area contributed by atoms with Gasteiger partial charge in [0.05, 0.1) is 85.7 Å². The van der Waals surface area contributed by atoms with Gasteiger partial charge in [0, 0.05) is 25.6 Å². The molecule has 0 spiro atoms. The van der Waals surface area contributed by atoms with Gasteiger partial charge in [-0.2, -0.15) is 0 Å². The highest BCUT2D eigenvalue weighted by Gasteiger charge is 2.28. The third kappa shape index (κ3) is 14.1. The quantitative estimate of drug-likeness (QED) is 0.134.